The molecule has 0 aliphatic heterocycles. The predicted octanol–water partition coefficient (Wildman–Crippen LogP) is 1.88. The number of hydrogen-bond donors (Lipinski definition) is 2. The average Bonchev–Trinajstić information content (AvgIpc) is 3.20. The Bertz CT molecular complexity index is 600. The van der Waals surface area contributed by atoms with E-state index in [2.05, 4.69) is 15.5 Å². The molecule has 1 heterocycles. The first-order chi connectivity index (χ1) is 10.5. The van der Waals surface area contributed by atoms with E-state index in [1.165, 1.54) is 26.4 Å². The molecule has 0 saturated heterocycles. The largest absolute Gasteiger partial charge is 0.475 e. The number of methoxy groups -OCH3 is 1. The summed E-state index contributed by atoms with van der Waals surface area (Å²) < 4.78 is 4.82. The lowest BCUT2D eigenvalue weighted by Gasteiger charge is -2.28. The number of carbonyl (C=O) groups excluding carboxylic acids is 1. The summed E-state index contributed by atoms with van der Waals surface area (Å²) in [6.07, 6.45) is 4.92. The first-order valence-corrected chi connectivity index (χ1v) is 7.58. The van der Waals surface area contributed by atoms with E-state index in [9.17, 15) is 14.9 Å². The molecule has 2 aliphatic carbocycles. The molecule has 2 bridgehead atoms. The Labute approximate surface area is 127 Å². The summed E-state index contributed by atoms with van der Waals surface area (Å²) in [5.41, 5.74) is -0.572. The molecule has 0 spiro atoms. The Kier molecular flexibility index (Phi) is 3.76. The summed E-state index contributed by atoms with van der Waals surface area (Å²) in [5, 5.41) is 20.1. The first-order valence-electron chi connectivity index (χ1n) is 7.58. The smallest absolute Gasteiger partial charge is 0.362 e. The molecule has 4 unspecified atom stereocenters. The zero-order valence-electron chi connectivity index (χ0n) is 12.7. The van der Waals surface area contributed by atoms with Gasteiger partial charge in [-0.05, 0) is 43.9 Å². The van der Waals surface area contributed by atoms with Crippen molar-refractivity contribution in [3.63, 3.8) is 0 Å². The second-order valence-corrected chi connectivity index (χ2v) is 6.31. The van der Waals surface area contributed by atoms with Crippen molar-refractivity contribution in [3.05, 3.63) is 15.8 Å². The molecule has 0 aromatic carbocycles. The average molecular weight is 308 g/mol. The number of nitro groups is 1. The van der Waals surface area contributed by atoms with Crippen molar-refractivity contribution in [2.75, 3.05) is 7.11 Å². The van der Waals surface area contributed by atoms with Crippen LogP contribution in [0.3, 0.4) is 0 Å². The van der Waals surface area contributed by atoms with Gasteiger partial charge in [-0.1, -0.05) is 6.42 Å². The van der Waals surface area contributed by atoms with Gasteiger partial charge < -0.3 is 10.1 Å². The number of aromatic nitrogens is 2. The van der Waals surface area contributed by atoms with Gasteiger partial charge in [0.25, 0.3) is 5.91 Å². The SMILES string of the molecule is COc1n[nH]c(C(=O)NC(C)C2CC3CCC2C3)c1[N+](=O)[O-]. The molecular formula is C14H20N4O4. The fourth-order valence-electron chi connectivity index (χ4n) is 4.08. The molecule has 8 heteroatoms. The van der Waals surface area contributed by atoms with Gasteiger partial charge in [0.05, 0.1) is 12.0 Å². The van der Waals surface area contributed by atoms with Crippen molar-refractivity contribution in [2.24, 2.45) is 17.8 Å². The summed E-state index contributed by atoms with van der Waals surface area (Å²) in [4.78, 5) is 22.8. The Hall–Kier alpha value is -2.12. The molecule has 0 radical (unpaired) electrons. The third kappa shape index (κ3) is 2.42. The molecule has 1 aromatic heterocycles. The molecule has 4 atom stereocenters. The second kappa shape index (κ2) is 5.58. The van der Waals surface area contributed by atoms with Gasteiger partial charge in [-0.3, -0.25) is 20.0 Å². The van der Waals surface area contributed by atoms with E-state index in [4.69, 9.17) is 4.74 Å². The first kappa shape index (κ1) is 14.8. The standard InChI is InChI=1S/C14H20N4O4/c1-7(10-6-8-3-4-9(10)5-8)15-13(19)11-12(18(20)21)14(22-2)17-16-11/h7-10H,3-6H2,1-2H3,(H,15,19)(H,16,17). The number of H-pyrrole nitrogens is 1. The second-order valence-electron chi connectivity index (χ2n) is 6.31. The summed E-state index contributed by atoms with van der Waals surface area (Å²) in [6.45, 7) is 1.97. The molecule has 1 aromatic rings. The normalized spacial score (nSPS) is 27.6. The number of amides is 1. The lowest BCUT2D eigenvalue weighted by Crippen LogP contribution is -2.40. The summed E-state index contributed by atoms with van der Waals surface area (Å²) >= 11 is 0. The minimum Gasteiger partial charge on any atom is -0.475 e. The van der Waals surface area contributed by atoms with Gasteiger partial charge >= 0.3 is 11.6 Å². The number of fused-ring (bicyclic) bond motifs is 2. The van der Waals surface area contributed by atoms with E-state index in [0.717, 1.165) is 12.3 Å². The van der Waals surface area contributed by atoms with E-state index in [1.54, 1.807) is 0 Å². The maximum Gasteiger partial charge on any atom is 0.362 e. The minimum atomic E-state index is -0.653. The lowest BCUT2D eigenvalue weighted by atomic mass is 9.84. The van der Waals surface area contributed by atoms with Crippen LogP contribution in [0.2, 0.25) is 0 Å². The minimum absolute atomic E-state index is 0.00306. The Morgan fingerprint density at radius 2 is 2.27 bits per heavy atom. The molecule has 1 amide bonds. The number of hydrogen-bond acceptors (Lipinski definition) is 5. The van der Waals surface area contributed by atoms with Gasteiger partial charge in [0.1, 0.15) is 0 Å². The summed E-state index contributed by atoms with van der Waals surface area (Å²) in [7, 11) is 1.28. The quantitative estimate of drug-likeness (QED) is 0.637. The Morgan fingerprint density at radius 1 is 1.50 bits per heavy atom. The number of aromatic amines is 1. The summed E-state index contributed by atoms with van der Waals surface area (Å²) in [6, 6.07) is -0.00306. The van der Waals surface area contributed by atoms with Crippen molar-refractivity contribution in [2.45, 2.75) is 38.6 Å². The van der Waals surface area contributed by atoms with E-state index >= 15 is 0 Å². The molecule has 120 valence electrons. The maximum absolute atomic E-state index is 12.3. The number of rotatable bonds is 5. The molecule has 2 N–H and O–H groups in total. The van der Waals surface area contributed by atoms with Crippen molar-refractivity contribution in [1.29, 1.82) is 0 Å². The zero-order chi connectivity index (χ0) is 15.9. The third-order valence-corrected chi connectivity index (χ3v) is 5.11. The molecule has 22 heavy (non-hydrogen) atoms. The molecule has 2 fully saturated rings. The van der Waals surface area contributed by atoms with Crippen LogP contribution in [0.25, 0.3) is 0 Å². The van der Waals surface area contributed by atoms with E-state index in [-0.39, 0.29) is 17.6 Å². The molecule has 3 rings (SSSR count). The van der Waals surface area contributed by atoms with E-state index in [1.807, 2.05) is 6.92 Å². The van der Waals surface area contributed by atoms with Gasteiger partial charge in [0, 0.05) is 6.04 Å². The van der Waals surface area contributed by atoms with Gasteiger partial charge in [0.2, 0.25) is 5.69 Å². The highest BCUT2D eigenvalue weighted by Crippen LogP contribution is 2.49. The highest BCUT2D eigenvalue weighted by atomic mass is 16.6. The number of nitrogens with zero attached hydrogens (tertiary/aromatic N) is 2. The molecule has 2 aliphatic rings. The van der Waals surface area contributed by atoms with Crippen LogP contribution in [0.5, 0.6) is 5.88 Å². The van der Waals surface area contributed by atoms with Gasteiger partial charge in [-0.15, -0.1) is 5.10 Å². The van der Waals surface area contributed by atoms with Crippen molar-refractivity contribution >= 4 is 11.6 Å². The van der Waals surface area contributed by atoms with E-state index < -0.39 is 16.5 Å². The number of carbonyl (C=O) groups is 1. The number of nitrogens with one attached hydrogen (secondary N) is 2. The highest BCUT2D eigenvalue weighted by Gasteiger charge is 2.42. The fourth-order valence-corrected chi connectivity index (χ4v) is 4.08. The molecule has 2 saturated carbocycles. The maximum atomic E-state index is 12.3. The lowest BCUT2D eigenvalue weighted by molar-refractivity contribution is -0.386. The van der Waals surface area contributed by atoms with Gasteiger partial charge in [0.15, 0.2) is 0 Å². The highest BCUT2D eigenvalue weighted by molar-refractivity contribution is 5.97. The Balaban J connectivity index is 1.72. The van der Waals surface area contributed by atoms with Crippen LogP contribution in [-0.2, 0) is 0 Å². The monoisotopic (exact) mass is 308 g/mol. The zero-order valence-corrected chi connectivity index (χ0v) is 12.7. The van der Waals surface area contributed by atoms with Crippen molar-refractivity contribution in [1.82, 2.24) is 15.5 Å². The fraction of sp³-hybridized carbons (Fsp3) is 0.714. The van der Waals surface area contributed by atoms with Crippen LogP contribution in [0, 0.1) is 27.9 Å². The van der Waals surface area contributed by atoms with E-state index in [0.29, 0.717) is 11.8 Å². The predicted molar refractivity (Wildman–Crippen MR) is 77.7 cm³/mol. The van der Waals surface area contributed by atoms with Gasteiger partial charge in [-0.25, -0.2) is 0 Å². The van der Waals surface area contributed by atoms with Crippen molar-refractivity contribution < 1.29 is 14.5 Å². The van der Waals surface area contributed by atoms with Crippen LogP contribution in [0.1, 0.15) is 43.1 Å². The van der Waals surface area contributed by atoms with Gasteiger partial charge in [-0.2, -0.15) is 0 Å². The van der Waals surface area contributed by atoms with Crippen molar-refractivity contribution in [3.8, 4) is 5.88 Å². The summed E-state index contributed by atoms with van der Waals surface area (Å²) in [5.74, 6) is 1.24. The van der Waals surface area contributed by atoms with Crippen LogP contribution in [-0.4, -0.2) is 34.2 Å². The third-order valence-electron chi connectivity index (χ3n) is 5.11. The van der Waals surface area contributed by atoms with Crippen LogP contribution in [0.15, 0.2) is 0 Å². The van der Waals surface area contributed by atoms with Crippen LogP contribution >= 0.6 is 0 Å². The number of ether oxygens (including phenoxy) is 1. The van der Waals surface area contributed by atoms with Crippen LogP contribution < -0.4 is 10.1 Å². The van der Waals surface area contributed by atoms with Crippen LogP contribution in [0.4, 0.5) is 5.69 Å². The molecular weight excluding hydrogens is 288 g/mol. The molecule has 8 nitrogen and oxygen atoms in total. The Morgan fingerprint density at radius 3 is 2.82 bits per heavy atom. The topological polar surface area (TPSA) is 110 Å².